The zero-order chi connectivity index (χ0) is 17.4. The fraction of sp³-hybridized carbons (Fsp3) is 0.474. The summed E-state index contributed by atoms with van der Waals surface area (Å²) in [6.45, 7) is 4.18. The van der Waals surface area contributed by atoms with E-state index in [4.69, 9.17) is 4.74 Å². The zero-order valence-corrected chi connectivity index (χ0v) is 14.8. The quantitative estimate of drug-likeness (QED) is 0.828. The smallest absolute Gasteiger partial charge is 0.227 e. The van der Waals surface area contributed by atoms with Crippen molar-refractivity contribution >= 4 is 5.91 Å². The van der Waals surface area contributed by atoms with Gasteiger partial charge >= 0.3 is 0 Å². The molecule has 0 unspecified atom stereocenters. The maximum Gasteiger partial charge on any atom is 0.227 e. The van der Waals surface area contributed by atoms with Crippen molar-refractivity contribution in [2.45, 2.75) is 13.1 Å². The molecule has 1 aromatic carbocycles. The molecule has 6 heteroatoms. The molecule has 25 heavy (non-hydrogen) atoms. The number of aryl methyl sites for hydroxylation is 1. The van der Waals surface area contributed by atoms with E-state index in [1.165, 1.54) is 0 Å². The van der Waals surface area contributed by atoms with Crippen LogP contribution in [0, 0.1) is 11.8 Å². The average Bonchev–Trinajstić information content (AvgIpc) is 3.27. The maximum absolute atomic E-state index is 12.8. The van der Waals surface area contributed by atoms with Gasteiger partial charge in [0.05, 0.1) is 19.6 Å². The van der Waals surface area contributed by atoms with Crippen molar-refractivity contribution in [1.82, 2.24) is 19.4 Å². The van der Waals surface area contributed by atoms with Gasteiger partial charge in [-0.2, -0.15) is 0 Å². The second-order valence-corrected chi connectivity index (χ2v) is 7.08. The van der Waals surface area contributed by atoms with Crippen LogP contribution in [0.1, 0.15) is 11.4 Å². The van der Waals surface area contributed by atoms with E-state index < -0.39 is 0 Å². The number of methoxy groups -OCH3 is 1. The van der Waals surface area contributed by atoms with Crippen molar-refractivity contribution in [1.29, 1.82) is 0 Å². The van der Waals surface area contributed by atoms with Crippen molar-refractivity contribution in [2.24, 2.45) is 18.9 Å². The Labute approximate surface area is 148 Å². The molecular weight excluding hydrogens is 316 g/mol. The molecule has 2 fully saturated rings. The van der Waals surface area contributed by atoms with Crippen LogP contribution in [0.25, 0.3) is 0 Å². The summed E-state index contributed by atoms with van der Waals surface area (Å²) in [6, 6.07) is 7.97. The van der Waals surface area contributed by atoms with Gasteiger partial charge in [-0.3, -0.25) is 9.69 Å². The highest BCUT2D eigenvalue weighted by Gasteiger charge is 2.46. The lowest BCUT2D eigenvalue weighted by Crippen LogP contribution is -2.32. The molecule has 2 saturated heterocycles. The Balaban J connectivity index is 1.36. The number of carbonyl (C=O) groups excluding carboxylic acids is 1. The molecule has 3 heterocycles. The Morgan fingerprint density at radius 2 is 1.96 bits per heavy atom. The molecule has 132 valence electrons. The number of amides is 1. The zero-order valence-electron chi connectivity index (χ0n) is 14.8. The number of carbonyl (C=O) groups is 1. The van der Waals surface area contributed by atoms with Crippen LogP contribution >= 0.6 is 0 Å². The number of hydrogen-bond acceptors (Lipinski definition) is 4. The summed E-state index contributed by atoms with van der Waals surface area (Å²) >= 11 is 0. The Hall–Kier alpha value is -2.34. The van der Waals surface area contributed by atoms with Gasteiger partial charge in [-0.25, -0.2) is 4.98 Å². The number of fused-ring (bicyclic) bond motifs is 1. The molecular formula is C19H24N4O2. The summed E-state index contributed by atoms with van der Waals surface area (Å²) in [6.07, 6.45) is 3.79. The second kappa shape index (κ2) is 6.52. The molecule has 0 saturated carbocycles. The largest absolute Gasteiger partial charge is 0.497 e. The lowest BCUT2D eigenvalue weighted by molar-refractivity contribution is -0.131. The molecule has 4 rings (SSSR count). The number of benzene rings is 1. The Morgan fingerprint density at radius 3 is 2.60 bits per heavy atom. The number of hydrogen-bond donors (Lipinski definition) is 0. The fourth-order valence-electron chi connectivity index (χ4n) is 4.00. The molecule has 0 bridgehead atoms. The maximum atomic E-state index is 12.8. The van der Waals surface area contributed by atoms with Crippen LogP contribution in [0.3, 0.4) is 0 Å². The first-order valence-corrected chi connectivity index (χ1v) is 8.74. The van der Waals surface area contributed by atoms with Crippen LogP contribution in [0.4, 0.5) is 0 Å². The van der Waals surface area contributed by atoms with Gasteiger partial charge in [0.2, 0.25) is 5.91 Å². The number of ether oxygens (including phenoxy) is 1. The van der Waals surface area contributed by atoms with Gasteiger partial charge in [0.1, 0.15) is 11.6 Å². The van der Waals surface area contributed by atoms with E-state index in [1.807, 2.05) is 53.2 Å². The molecule has 6 nitrogen and oxygen atoms in total. The third-order valence-corrected chi connectivity index (χ3v) is 5.42. The lowest BCUT2D eigenvalue weighted by Gasteiger charge is -2.21. The van der Waals surface area contributed by atoms with E-state index in [-0.39, 0.29) is 5.92 Å². The van der Waals surface area contributed by atoms with Gasteiger partial charge in [-0.1, -0.05) is 12.1 Å². The minimum absolute atomic E-state index is 0.138. The molecule has 1 amide bonds. The molecule has 0 radical (unpaired) electrons. The molecule has 0 N–H and O–H groups in total. The number of likely N-dealkylation sites (tertiary alicyclic amines) is 2. The normalized spacial score (nSPS) is 23.3. The average molecular weight is 340 g/mol. The molecule has 2 atom stereocenters. The first kappa shape index (κ1) is 16.1. The van der Waals surface area contributed by atoms with E-state index in [2.05, 4.69) is 9.88 Å². The van der Waals surface area contributed by atoms with Crippen LogP contribution in [-0.2, 0) is 24.9 Å². The SMILES string of the molecule is COc1ccc(CN2C[C@H]3CN(Cc4nccn4C)C[C@H]3C2=O)cc1. The van der Waals surface area contributed by atoms with E-state index in [0.29, 0.717) is 18.4 Å². The van der Waals surface area contributed by atoms with Crippen LogP contribution in [-0.4, -0.2) is 52.0 Å². The predicted octanol–water partition coefficient (Wildman–Crippen LogP) is 1.52. The third kappa shape index (κ3) is 3.14. The van der Waals surface area contributed by atoms with Gasteiger partial charge in [-0.15, -0.1) is 0 Å². The minimum Gasteiger partial charge on any atom is -0.497 e. The first-order chi connectivity index (χ1) is 12.1. The molecule has 1 aromatic heterocycles. The number of imidazole rings is 1. The number of nitrogens with zero attached hydrogens (tertiary/aromatic N) is 4. The van der Waals surface area contributed by atoms with Crippen molar-refractivity contribution in [3.63, 3.8) is 0 Å². The monoisotopic (exact) mass is 340 g/mol. The topological polar surface area (TPSA) is 50.6 Å². The second-order valence-electron chi connectivity index (χ2n) is 7.08. The number of aromatic nitrogens is 2. The summed E-state index contributed by atoms with van der Waals surface area (Å²) in [7, 11) is 3.68. The first-order valence-electron chi connectivity index (χ1n) is 8.74. The fourth-order valence-corrected chi connectivity index (χ4v) is 4.00. The van der Waals surface area contributed by atoms with E-state index in [9.17, 15) is 4.79 Å². The predicted molar refractivity (Wildman–Crippen MR) is 93.9 cm³/mol. The van der Waals surface area contributed by atoms with Gasteiger partial charge < -0.3 is 14.2 Å². The molecule has 2 aliphatic rings. The van der Waals surface area contributed by atoms with Crippen molar-refractivity contribution in [2.75, 3.05) is 26.7 Å². The van der Waals surface area contributed by atoms with Crippen LogP contribution in [0.5, 0.6) is 5.75 Å². The summed E-state index contributed by atoms with van der Waals surface area (Å²) in [5.74, 6) is 2.77. The van der Waals surface area contributed by atoms with Crippen molar-refractivity contribution < 1.29 is 9.53 Å². The van der Waals surface area contributed by atoms with Gasteiger partial charge in [-0.05, 0) is 17.7 Å². The summed E-state index contributed by atoms with van der Waals surface area (Å²) < 4.78 is 7.24. The highest BCUT2D eigenvalue weighted by Crippen LogP contribution is 2.33. The van der Waals surface area contributed by atoms with Crippen LogP contribution in [0.15, 0.2) is 36.7 Å². The van der Waals surface area contributed by atoms with Gasteiger partial charge in [0.15, 0.2) is 0 Å². The van der Waals surface area contributed by atoms with Gasteiger partial charge in [0, 0.05) is 51.5 Å². The Kier molecular flexibility index (Phi) is 4.21. The minimum atomic E-state index is 0.138. The molecule has 2 aromatic rings. The third-order valence-electron chi connectivity index (χ3n) is 5.42. The van der Waals surface area contributed by atoms with E-state index in [0.717, 1.165) is 43.3 Å². The standard InChI is InChI=1S/C19H24N4O2/c1-21-8-7-20-18(21)13-22-10-15-11-23(19(24)17(15)12-22)9-14-3-5-16(25-2)6-4-14/h3-8,15,17H,9-13H2,1-2H3/t15-,17-/m1/s1. The summed E-state index contributed by atoms with van der Waals surface area (Å²) in [4.78, 5) is 21.5. The van der Waals surface area contributed by atoms with Gasteiger partial charge in [0.25, 0.3) is 0 Å². The number of rotatable bonds is 5. The summed E-state index contributed by atoms with van der Waals surface area (Å²) in [5.41, 5.74) is 1.15. The van der Waals surface area contributed by atoms with Crippen molar-refractivity contribution in [3.05, 3.63) is 48.0 Å². The lowest BCUT2D eigenvalue weighted by atomic mass is 10.0. The Bertz CT molecular complexity index is 755. The molecule has 0 aliphatic carbocycles. The van der Waals surface area contributed by atoms with Crippen LogP contribution < -0.4 is 4.74 Å². The highest BCUT2D eigenvalue weighted by atomic mass is 16.5. The Morgan fingerprint density at radius 1 is 1.16 bits per heavy atom. The van der Waals surface area contributed by atoms with Crippen LogP contribution in [0.2, 0.25) is 0 Å². The molecule has 0 spiro atoms. The van der Waals surface area contributed by atoms with Crippen molar-refractivity contribution in [3.8, 4) is 5.75 Å². The highest BCUT2D eigenvalue weighted by molar-refractivity contribution is 5.82. The molecule has 2 aliphatic heterocycles. The van der Waals surface area contributed by atoms with E-state index in [1.54, 1.807) is 7.11 Å². The van der Waals surface area contributed by atoms with E-state index >= 15 is 0 Å². The summed E-state index contributed by atoms with van der Waals surface area (Å²) in [5, 5.41) is 0.